The van der Waals surface area contributed by atoms with Crippen LogP contribution in [0.5, 0.6) is 0 Å². The average Bonchev–Trinajstić information content (AvgIpc) is 3.16. The molecule has 4 rings (SSSR count). The van der Waals surface area contributed by atoms with Gasteiger partial charge in [0.25, 0.3) is 11.8 Å². The summed E-state index contributed by atoms with van der Waals surface area (Å²) in [5, 5.41) is 7.18. The number of rotatable bonds is 4. The van der Waals surface area contributed by atoms with Gasteiger partial charge in [0, 0.05) is 12.7 Å². The van der Waals surface area contributed by atoms with Crippen LogP contribution in [0.15, 0.2) is 30.5 Å². The molecule has 2 aromatic rings. The first-order chi connectivity index (χ1) is 13.2. The summed E-state index contributed by atoms with van der Waals surface area (Å²) in [7, 11) is 0. The number of carbonyl (C=O) groups excluding carboxylic acids is 2. The Morgan fingerprint density at radius 1 is 1.26 bits per heavy atom. The van der Waals surface area contributed by atoms with Crippen LogP contribution in [0.2, 0.25) is 0 Å². The quantitative estimate of drug-likeness (QED) is 0.810. The first-order valence-corrected chi connectivity index (χ1v) is 8.93. The number of ether oxygens (including phenoxy) is 2. The van der Waals surface area contributed by atoms with E-state index >= 15 is 0 Å². The Hall–Kier alpha value is -2.78. The Kier molecular flexibility index (Phi) is 5.12. The number of carbonyl (C=O) groups is 2. The summed E-state index contributed by atoms with van der Waals surface area (Å²) in [5.41, 5.74) is 1.95. The van der Waals surface area contributed by atoms with E-state index in [1.165, 1.54) is 0 Å². The van der Waals surface area contributed by atoms with Gasteiger partial charge in [0.05, 0.1) is 50.8 Å². The van der Waals surface area contributed by atoms with Crippen molar-refractivity contribution in [3.8, 4) is 0 Å². The van der Waals surface area contributed by atoms with Crippen LogP contribution in [0.4, 0.5) is 0 Å². The molecule has 4 heterocycles. The molecule has 0 aromatic carbocycles. The van der Waals surface area contributed by atoms with Crippen molar-refractivity contribution in [2.24, 2.45) is 0 Å². The zero-order valence-electron chi connectivity index (χ0n) is 14.8. The summed E-state index contributed by atoms with van der Waals surface area (Å²) >= 11 is 0. The molecular weight excluding hydrogens is 350 g/mol. The van der Waals surface area contributed by atoms with Gasteiger partial charge in [0.2, 0.25) is 0 Å². The van der Waals surface area contributed by atoms with Gasteiger partial charge in [-0.2, -0.15) is 5.10 Å². The SMILES string of the molecule is O=C(NCc1ccccn1)c1cc2n(n1)CCN(C(=O)[C@H]1COCCO1)C2. The summed E-state index contributed by atoms with van der Waals surface area (Å²) < 4.78 is 12.6. The van der Waals surface area contributed by atoms with Crippen LogP contribution in [-0.4, -0.2) is 63.9 Å². The molecule has 1 atom stereocenters. The number of hydrogen-bond acceptors (Lipinski definition) is 6. The second kappa shape index (κ2) is 7.85. The van der Waals surface area contributed by atoms with Crippen molar-refractivity contribution in [3.05, 3.63) is 47.5 Å². The molecule has 9 nitrogen and oxygen atoms in total. The molecule has 2 amide bonds. The molecule has 0 bridgehead atoms. The van der Waals surface area contributed by atoms with Gasteiger partial charge in [0.1, 0.15) is 0 Å². The molecule has 9 heteroatoms. The molecule has 1 saturated heterocycles. The molecule has 1 fully saturated rings. The van der Waals surface area contributed by atoms with Crippen LogP contribution in [0.1, 0.15) is 21.9 Å². The van der Waals surface area contributed by atoms with Gasteiger partial charge >= 0.3 is 0 Å². The van der Waals surface area contributed by atoms with Crippen molar-refractivity contribution in [2.75, 3.05) is 26.4 Å². The fourth-order valence-corrected chi connectivity index (χ4v) is 3.16. The van der Waals surface area contributed by atoms with Crippen molar-refractivity contribution in [2.45, 2.75) is 25.7 Å². The molecule has 0 saturated carbocycles. The third kappa shape index (κ3) is 3.99. The van der Waals surface area contributed by atoms with E-state index in [0.29, 0.717) is 45.1 Å². The van der Waals surface area contributed by atoms with Crippen LogP contribution < -0.4 is 5.32 Å². The third-order valence-corrected chi connectivity index (χ3v) is 4.59. The summed E-state index contributed by atoms with van der Waals surface area (Å²) in [5.74, 6) is -0.340. The maximum atomic E-state index is 12.6. The molecular formula is C18H21N5O4. The van der Waals surface area contributed by atoms with E-state index in [1.807, 2.05) is 18.2 Å². The Bertz CT molecular complexity index is 816. The van der Waals surface area contributed by atoms with Gasteiger partial charge in [-0.05, 0) is 18.2 Å². The molecule has 2 aromatic heterocycles. The highest BCUT2D eigenvalue weighted by molar-refractivity contribution is 5.92. The summed E-state index contributed by atoms with van der Waals surface area (Å²) in [6, 6.07) is 7.27. The number of amides is 2. The minimum Gasteiger partial charge on any atom is -0.376 e. The predicted octanol–water partition coefficient (Wildman–Crippen LogP) is -0.0343. The topological polar surface area (TPSA) is 98.6 Å². The van der Waals surface area contributed by atoms with Crippen LogP contribution in [0.25, 0.3) is 0 Å². The molecule has 27 heavy (non-hydrogen) atoms. The maximum absolute atomic E-state index is 12.6. The van der Waals surface area contributed by atoms with Gasteiger partial charge in [-0.1, -0.05) is 6.07 Å². The van der Waals surface area contributed by atoms with E-state index in [0.717, 1.165) is 11.4 Å². The molecule has 1 N–H and O–H groups in total. The largest absolute Gasteiger partial charge is 0.376 e. The minimum absolute atomic E-state index is 0.0803. The first-order valence-electron chi connectivity index (χ1n) is 8.93. The van der Waals surface area contributed by atoms with E-state index in [-0.39, 0.29) is 18.4 Å². The second-order valence-corrected chi connectivity index (χ2v) is 6.44. The lowest BCUT2D eigenvalue weighted by molar-refractivity contribution is -0.159. The predicted molar refractivity (Wildman–Crippen MR) is 93.6 cm³/mol. The Morgan fingerprint density at radius 3 is 2.96 bits per heavy atom. The monoisotopic (exact) mass is 371 g/mol. The van der Waals surface area contributed by atoms with E-state index in [9.17, 15) is 9.59 Å². The first kappa shape index (κ1) is 17.6. The lowest BCUT2D eigenvalue weighted by Gasteiger charge is -2.32. The Labute approximate surface area is 156 Å². The van der Waals surface area contributed by atoms with E-state index in [4.69, 9.17) is 9.47 Å². The molecule has 2 aliphatic heterocycles. The van der Waals surface area contributed by atoms with Gasteiger partial charge in [-0.15, -0.1) is 0 Å². The second-order valence-electron chi connectivity index (χ2n) is 6.44. The van der Waals surface area contributed by atoms with Crippen molar-refractivity contribution < 1.29 is 19.1 Å². The zero-order chi connectivity index (χ0) is 18.6. The average molecular weight is 371 g/mol. The minimum atomic E-state index is -0.547. The van der Waals surface area contributed by atoms with Crippen LogP contribution in [0, 0.1) is 0 Å². The van der Waals surface area contributed by atoms with E-state index < -0.39 is 6.10 Å². The Morgan fingerprint density at radius 2 is 2.19 bits per heavy atom. The van der Waals surface area contributed by atoms with Crippen molar-refractivity contribution in [3.63, 3.8) is 0 Å². The van der Waals surface area contributed by atoms with E-state index in [1.54, 1.807) is 21.8 Å². The highest BCUT2D eigenvalue weighted by Crippen LogP contribution is 2.16. The fourth-order valence-electron chi connectivity index (χ4n) is 3.16. The number of pyridine rings is 1. The van der Waals surface area contributed by atoms with Gasteiger partial charge < -0.3 is 19.7 Å². The maximum Gasteiger partial charge on any atom is 0.272 e. The van der Waals surface area contributed by atoms with Crippen LogP contribution in [0.3, 0.4) is 0 Å². The standard InChI is InChI=1S/C18H21N5O4/c24-17(20-10-13-3-1-2-4-19-13)15-9-14-11-22(5-6-23(14)21-15)18(25)16-12-26-7-8-27-16/h1-4,9,16H,5-8,10-12H2,(H,20,24)/t16-/m1/s1. The summed E-state index contributed by atoms with van der Waals surface area (Å²) in [6.07, 6.45) is 1.14. The highest BCUT2D eigenvalue weighted by atomic mass is 16.6. The normalized spacial score (nSPS) is 19.4. The van der Waals surface area contributed by atoms with Gasteiger partial charge in [-0.25, -0.2) is 0 Å². The van der Waals surface area contributed by atoms with Gasteiger partial charge in [0.15, 0.2) is 11.8 Å². The molecule has 0 radical (unpaired) electrons. The molecule has 0 unspecified atom stereocenters. The van der Waals surface area contributed by atoms with Crippen LogP contribution >= 0.6 is 0 Å². The van der Waals surface area contributed by atoms with Crippen molar-refractivity contribution in [1.82, 2.24) is 25.0 Å². The number of aromatic nitrogens is 3. The van der Waals surface area contributed by atoms with Crippen LogP contribution in [-0.2, 0) is 33.9 Å². The Balaban J connectivity index is 1.38. The van der Waals surface area contributed by atoms with Gasteiger partial charge in [-0.3, -0.25) is 19.3 Å². The lowest BCUT2D eigenvalue weighted by Crippen LogP contribution is -2.47. The highest BCUT2D eigenvalue weighted by Gasteiger charge is 2.30. The number of hydrogen-bond donors (Lipinski definition) is 1. The van der Waals surface area contributed by atoms with Crippen molar-refractivity contribution >= 4 is 11.8 Å². The lowest BCUT2D eigenvalue weighted by atomic mass is 10.2. The zero-order valence-corrected chi connectivity index (χ0v) is 14.8. The number of nitrogens with zero attached hydrogens (tertiary/aromatic N) is 4. The summed E-state index contributed by atoms with van der Waals surface area (Å²) in [4.78, 5) is 30.8. The molecule has 0 spiro atoms. The molecule has 142 valence electrons. The fraction of sp³-hybridized carbons (Fsp3) is 0.444. The van der Waals surface area contributed by atoms with E-state index in [2.05, 4.69) is 15.4 Å². The smallest absolute Gasteiger partial charge is 0.272 e. The molecule has 0 aliphatic carbocycles. The number of fused-ring (bicyclic) bond motifs is 1. The number of nitrogens with one attached hydrogen (secondary N) is 1. The van der Waals surface area contributed by atoms with Crippen molar-refractivity contribution in [1.29, 1.82) is 0 Å². The summed E-state index contributed by atoms with van der Waals surface area (Å²) in [6.45, 7) is 3.06. The third-order valence-electron chi connectivity index (χ3n) is 4.59. The molecule has 2 aliphatic rings.